The first-order valence-electron chi connectivity index (χ1n) is 9.23. The molecule has 2 aliphatic heterocycles. The van der Waals surface area contributed by atoms with Gasteiger partial charge in [-0.15, -0.1) is 10.2 Å². The van der Waals surface area contributed by atoms with Crippen LogP contribution in [-0.4, -0.2) is 38.7 Å². The van der Waals surface area contributed by atoms with E-state index in [0.717, 1.165) is 69.3 Å². The molecular weight excluding hydrogens is 318 g/mol. The summed E-state index contributed by atoms with van der Waals surface area (Å²) in [7, 11) is 0. The lowest BCUT2D eigenvalue weighted by Crippen LogP contribution is -2.42. The van der Waals surface area contributed by atoms with Gasteiger partial charge in [-0.2, -0.15) is 0 Å². The Bertz CT molecular complexity index is 709. The van der Waals surface area contributed by atoms with Crippen LogP contribution in [0.4, 0.5) is 0 Å². The summed E-state index contributed by atoms with van der Waals surface area (Å²) in [5, 5.41) is 11.6. The Morgan fingerprint density at radius 2 is 2.24 bits per heavy atom. The molecule has 2 aromatic rings. The minimum absolute atomic E-state index is 0.0347. The van der Waals surface area contributed by atoms with Gasteiger partial charge < -0.3 is 14.3 Å². The number of amides is 1. The van der Waals surface area contributed by atoms with Gasteiger partial charge in [0.2, 0.25) is 5.91 Å². The molecule has 1 amide bonds. The molecule has 0 aliphatic carbocycles. The lowest BCUT2D eigenvalue weighted by Gasteiger charge is -2.31. The number of hydrogen-bond donors (Lipinski definition) is 1. The largest absolute Gasteiger partial charge is 0.468 e. The summed E-state index contributed by atoms with van der Waals surface area (Å²) < 4.78 is 7.58. The third-order valence-electron chi connectivity index (χ3n) is 5.19. The van der Waals surface area contributed by atoms with Gasteiger partial charge in [0.05, 0.1) is 25.3 Å². The van der Waals surface area contributed by atoms with Crippen molar-refractivity contribution in [3.05, 3.63) is 35.8 Å². The molecule has 1 fully saturated rings. The molecule has 0 saturated carbocycles. The SMILES string of the molecule is O=C(NCc1nnc2n1CCCC2)[C@H]1CCCN(Cc2ccco2)C1. The summed E-state index contributed by atoms with van der Waals surface area (Å²) in [6.07, 6.45) is 7.01. The number of carbonyl (C=O) groups is 1. The minimum Gasteiger partial charge on any atom is -0.468 e. The monoisotopic (exact) mass is 343 g/mol. The van der Waals surface area contributed by atoms with E-state index >= 15 is 0 Å². The predicted octanol–water partition coefficient (Wildman–Crippen LogP) is 1.74. The molecule has 0 spiro atoms. The van der Waals surface area contributed by atoms with Crippen LogP contribution >= 0.6 is 0 Å². The normalized spacial score (nSPS) is 21.0. The summed E-state index contributed by atoms with van der Waals surface area (Å²) in [5.74, 6) is 3.05. The third-order valence-corrected chi connectivity index (χ3v) is 5.19. The number of nitrogens with zero attached hydrogens (tertiary/aromatic N) is 4. The fourth-order valence-electron chi connectivity index (χ4n) is 3.85. The fraction of sp³-hybridized carbons (Fsp3) is 0.611. The molecule has 134 valence electrons. The predicted molar refractivity (Wildman–Crippen MR) is 91.5 cm³/mol. The standard InChI is InChI=1S/C18H25N5O2/c24-18(19-11-17-21-20-16-7-1-2-9-23(16)17)14-5-3-8-22(12-14)13-15-6-4-10-25-15/h4,6,10,14H,1-3,5,7-9,11-13H2,(H,19,24)/t14-/m0/s1. The van der Waals surface area contributed by atoms with Crippen molar-refractivity contribution in [1.82, 2.24) is 25.0 Å². The number of carbonyl (C=O) groups excluding carboxylic acids is 1. The molecule has 1 N–H and O–H groups in total. The first-order chi connectivity index (χ1) is 12.3. The van der Waals surface area contributed by atoms with E-state index in [9.17, 15) is 4.79 Å². The topological polar surface area (TPSA) is 76.2 Å². The van der Waals surface area contributed by atoms with Gasteiger partial charge in [-0.05, 0) is 44.4 Å². The van der Waals surface area contributed by atoms with E-state index in [-0.39, 0.29) is 11.8 Å². The Labute approximate surface area is 147 Å². The van der Waals surface area contributed by atoms with E-state index in [1.165, 1.54) is 6.42 Å². The van der Waals surface area contributed by atoms with Crippen LogP contribution < -0.4 is 5.32 Å². The first-order valence-corrected chi connectivity index (χ1v) is 9.23. The van der Waals surface area contributed by atoms with Crippen LogP contribution in [0.15, 0.2) is 22.8 Å². The van der Waals surface area contributed by atoms with Gasteiger partial charge in [0, 0.05) is 19.5 Å². The number of furan rings is 1. The molecule has 1 saturated heterocycles. The van der Waals surface area contributed by atoms with Crippen LogP contribution in [0.1, 0.15) is 43.1 Å². The minimum atomic E-state index is 0.0347. The molecule has 7 heteroatoms. The molecular formula is C18H25N5O2. The number of aryl methyl sites for hydroxylation is 1. The van der Waals surface area contributed by atoms with Crippen LogP contribution in [0, 0.1) is 5.92 Å². The average molecular weight is 343 g/mol. The zero-order valence-electron chi connectivity index (χ0n) is 14.5. The molecule has 0 bridgehead atoms. The van der Waals surface area contributed by atoms with E-state index in [2.05, 4.69) is 25.0 Å². The van der Waals surface area contributed by atoms with Crippen LogP contribution in [0.5, 0.6) is 0 Å². The number of rotatable bonds is 5. The maximum absolute atomic E-state index is 12.6. The van der Waals surface area contributed by atoms with E-state index in [0.29, 0.717) is 6.54 Å². The number of aromatic nitrogens is 3. The Kier molecular flexibility index (Phi) is 4.83. The Morgan fingerprint density at radius 1 is 1.28 bits per heavy atom. The maximum Gasteiger partial charge on any atom is 0.224 e. The van der Waals surface area contributed by atoms with Gasteiger partial charge in [0.25, 0.3) is 0 Å². The Hall–Kier alpha value is -2.15. The molecule has 4 heterocycles. The van der Waals surface area contributed by atoms with E-state index in [1.54, 1.807) is 6.26 Å². The van der Waals surface area contributed by atoms with Gasteiger partial charge in [0.15, 0.2) is 5.82 Å². The van der Waals surface area contributed by atoms with Crippen molar-refractivity contribution in [3.63, 3.8) is 0 Å². The van der Waals surface area contributed by atoms with Crippen molar-refractivity contribution in [2.45, 2.75) is 51.7 Å². The van der Waals surface area contributed by atoms with Gasteiger partial charge >= 0.3 is 0 Å². The van der Waals surface area contributed by atoms with Crippen LogP contribution in [0.25, 0.3) is 0 Å². The zero-order valence-corrected chi connectivity index (χ0v) is 14.5. The Balaban J connectivity index is 1.31. The molecule has 0 unspecified atom stereocenters. The number of hydrogen-bond acceptors (Lipinski definition) is 5. The summed E-state index contributed by atoms with van der Waals surface area (Å²) in [5.41, 5.74) is 0. The third kappa shape index (κ3) is 3.76. The second-order valence-corrected chi connectivity index (χ2v) is 7.01. The molecule has 0 aromatic carbocycles. The highest BCUT2D eigenvalue weighted by molar-refractivity contribution is 5.78. The number of fused-ring (bicyclic) bond motifs is 1. The van der Waals surface area contributed by atoms with Crippen molar-refractivity contribution in [2.24, 2.45) is 5.92 Å². The van der Waals surface area contributed by atoms with Gasteiger partial charge in [-0.1, -0.05) is 0 Å². The van der Waals surface area contributed by atoms with E-state index in [4.69, 9.17) is 4.42 Å². The van der Waals surface area contributed by atoms with Gasteiger partial charge in [-0.25, -0.2) is 0 Å². The molecule has 0 radical (unpaired) electrons. The number of likely N-dealkylation sites (tertiary alicyclic amines) is 1. The van der Waals surface area contributed by atoms with Crippen molar-refractivity contribution >= 4 is 5.91 Å². The summed E-state index contributed by atoms with van der Waals surface area (Å²) >= 11 is 0. The van der Waals surface area contributed by atoms with Gasteiger partial charge in [-0.3, -0.25) is 9.69 Å². The summed E-state index contributed by atoms with van der Waals surface area (Å²) in [4.78, 5) is 14.9. The molecule has 25 heavy (non-hydrogen) atoms. The fourth-order valence-corrected chi connectivity index (χ4v) is 3.85. The maximum atomic E-state index is 12.6. The summed E-state index contributed by atoms with van der Waals surface area (Å²) in [6.45, 7) is 4.01. The van der Waals surface area contributed by atoms with Crippen LogP contribution in [0.3, 0.4) is 0 Å². The van der Waals surface area contributed by atoms with E-state index in [1.807, 2.05) is 12.1 Å². The van der Waals surface area contributed by atoms with Crippen LogP contribution in [-0.2, 0) is 30.8 Å². The lowest BCUT2D eigenvalue weighted by atomic mass is 9.97. The van der Waals surface area contributed by atoms with E-state index < -0.39 is 0 Å². The average Bonchev–Trinajstić information content (AvgIpc) is 3.30. The van der Waals surface area contributed by atoms with Crippen molar-refractivity contribution in [2.75, 3.05) is 13.1 Å². The second kappa shape index (κ2) is 7.39. The van der Waals surface area contributed by atoms with Crippen molar-refractivity contribution < 1.29 is 9.21 Å². The Morgan fingerprint density at radius 3 is 3.12 bits per heavy atom. The highest BCUT2D eigenvalue weighted by atomic mass is 16.3. The highest BCUT2D eigenvalue weighted by Gasteiger charge is 2.26. The zero-order chi connectivity index (χ0) is 17.1. The van der Waals surface area contributed by atoms with Crippen LogP contribution in [0.2, 0.25) is 0 Å². The lowest BCUT2D eigenvalue weighted by molar-refractivity contribution is -0.127. The molecule has 2 aliphatic rings. The molecule has 1 atom stereocenters. The first kappa shape index (κ1) is 16.3. The van der Waals surface area contributed by atoms with Crippen molar-refractivity contribution in [1.29, 1.82) is 0 Å². The quantitative estimate of drug-likeness (QED) is 0.895. The highest BCUT2D eigenvalue weighted by Crippen LogP contribution is 2.19. The molecule has 2 aromatic heterocycles. The number of nitrogens with one attached hydrogen (secondary N) is 1. The summed E-state index contributed by atoms with van der Waals surface area (Å²) in [6, 6.07) is 3.89. The number of piperidine rings is 1. The second-order valence-electron chi connectivity index (χ2n) is 7.01. The van der Waals surface area contributed by atoms with Gasteiger partial charge in [0.1, 0.15) is 11.6 Å². The molecule has 4 rings (SSSR count). The molecule has 7 nitrogen and oxygen atoms in total. The van der Waals surface area contributed by atoms with Crippen molar-refractivity contribution in [3.8, 4) is 0 Å². The smallest absolute Gasteiger partial charge is 0.224 e.